The lowest BCUT2D eigenvalue weighted by molar-refractivity contribution is 0.0316. The fraction of sp³-hybridized carbons (Fsp3) is 0.571. The molecule has 1 heterocycles. The predicted molar refractivity (Wildman–Crippen MR) is 96.5 cm³/mol. The van der Waals surface area contributed by atoms with Gasteiger partial charge in [0, 0.05) is 11.1 Å². The van der Waals surface area contributed by atoms with E-state index in [9.17, 15) is 4.79 Å². The number of terminal acetylenes is 1. The van der Waals surface area contributed by atoms with Crippen molar-refractivity contribution in [2.75, 3.05) is 6.61 Å². The summed E-state index contributed by atoms with van der Waals surface area (Å²) >= 11 is 0. The molecule has 1 aromatic rings. The van der Waals surface area contributed by atoms with Crippen LogP contribution in [-0.2, 0) is 10.2 Å². The van der Waals surface area contributed by atoms with Crippen molar-refractivity contribution in [1.82, 2.24) is 0 Å². The Morgan fingerprint density at radius 3 is 2.46 bits per heavy atom. The Hall–Kier alpha value is -1.95. The molecule has 0 spiro atoms. The molecule has 0 N–H and O–H groups in total. The summed E-state index contributed by atoms with van der Waals surface area (Å²) in [5.41, 5.74) is 1.48. The van der Waals surface area contributed by atoms with Crippen LogP contribution in [0.4, 0.5) is 0 Å². The van der Waals surface area contributed by atoms with Crippen LogP contribution in [0.3, 0.4) is 0 Å². The third-order valence-electron chi connectivity index (χ3n) is 4.09. The number of esters is 1. The van der Waals surface area contributed by atoms with Gasteiger partial charge in [0.2, 0.25) is 0 Å². The van der Waals surface area contributed by atoms with Gasteiger partial charge in [0.15, 0.2) is 0 Å². The average Bonchev–Trinajstić information content (AvgIpc) is 2.41. The fourth-order valence-corrected chi connectivity index (χ4v) is 3.31. The molecule has 0 saturated heterocycles. The molecule has 24 heavy (non-hydrogen) atoms. The summed E-state index contributed by atoms with van der Waals surface area (Å²) in [6.45, 7) is 14.8. The third kappa shape index (κ3) is 3.93. The van der Waals surface area contributed by atoms with Crippen molar-refractivity contribution in [2.24, 2.45) is 5.41 Å². The molecular formula is C21H28O3. The summed E-state index contributed by atoms with van der Waals surface area (Å²) in [6.07, 6.45) is 6.44. The quantitative estimate of drug-likeness (QED) is 0.582. The van der Waals surface area contributed by atoms with Crippen LogP contribution in [0.2, 0.25) is 0 Å². The van der Waals surface area contributed by atoms with Gasteiger partial charge in [-0.15, -0.1) is 6.42 Å². The molecule has 1 aliphatic heterocycles. The Bertz CT molecular complexity index is 697. The lowest BCUT2D eigenvalue weighted by atomic mass is 9.72. The number of hydrogen-bond donors (Lipinski definition) is 0. The minimum Gasteiger partial charge on any atom is -0.487 e. The van der Waals surface area contributed by atoms with E-state index < -0.39 is 0 Å². The van der Waals surface area contributed by atoms with Crippen LogP contribution in [0.5, 0.6) is 5.75 Å². The van der Waals surface area contributed by atoms with Gasteiger partial charge in [-0.1, -0.05) is 40.5 Å². The number of ether oxygens (including phenoxy) is 2. The summed E-state index contributed by atoms with van der Waals surface area (Å²) in [6, 6.07) is 3.65. The number of rotatable bonds is 2. The zero-order valence-electron chi connectivity index (χ0n) is 15.9. The molecule has 0 aromatic heterocycles. The Balaban J connectivity index is 2.53. The molecule has 1 aromatic carbocycles. The molecule has 3 heteroatoms. The molecule has 0 bridgehead atoms. The molecule has 0 fully saturated rings. The zero-order valence-corrected chi connectivity index (χ0v) is 15.9. The molecular weight excluding hydrogens is 300 g/mol. The predicted octanol–water partition coefficient (Wildman–Crippen LogP) is 4.71. The Morgan fingerprint density at radius 2 is 1.92 bits per heavy atom. The van der Waals surface area contributed by atoms with Crippen LogP contribution < -0.4 is 4.74 Å². The standard InChI is InChI=1S/C21H28O3/c1-9-14-10-15(18(22)23-13-19(2,3)4)17-16(11-14)20(5,6)12-21(7,8)24-17/h1,10-11H,12-13H2,2-8H3. The van der Waals surface area contributed by atoms with Crippen molar-refractivity contribution in [1.29, 1.82) is 0 Å². The highest BCUT2D eigenvalue weighted by Gasteiger charge is 2.41. The van der Waals surface area contributed by atoms with Gasteiger partial charge >= 0.3 is 5.97 Å². The van der Waals surface area contributed by atoms with Crippen LogP contribution >= 0.6 is 0 Å². The smallest absolute Gasteiger partial charge is 0.341 e. The first-order chi connectivity index (χ1) is 10.8. The number of carbonyl (C=O) groups excluding carboxylic acids is 1. The maximum atomic E-state index is 12.7. The highest BCUT2D eigenvalue weighted by molar-refractivity contribution is 5.94. The summed E-state index contributed by atoms with van der Waals surface area (Å²) in [5, 5.41) is 0. The van der Waals surface area contributed by atoms with E-state index in [4.69, 9.17) is 15.9 Å². The minimum absolute atomic E-state index is 0.0984. The summed E-state index contributed by atoms with van der Waals surface area (Å²) < 4.78 is 11.7. The summed E-state index contributed by atoms with van der Waals surface area (Å²) in [4.78, 5) is 12.7. The van der Waals surface area contributed by atoms with E-state index in [1.165, 1.54) is 0 Å². The van der Waals surface area contributed by atoms with E-state index in [0.717, 1.165) is 12.0 Å². The van der Waals surface area contributed by atoms with E-state index >= 15 is 0 Å². The maximum Gasteiger partial charge on any atom is 0.341 e. The first-order valence-corrected chi connectivity index (χ1v) is 8.36. The van der Waals surface area contributed by atoms with E-state index in [2.05, 4.69) is 19.8 Å². The molecule has 0 radical (unpaired) electrons. The zero-order chi connectivity index (χ0) is 18.3. The Morgan fingerprint density at radius 1 is 1.29 bits per heavy atom. The molecule has 0 amide bonds. The highest BCUT2D eigenvalue weighted by Crippen LogP contribution is 2.46. The number of benzene rings is 1. The van der Waals surface area contributed by atoms with Gasteiger partial charge < -0.3 is 9.47 Å². The van der Waals surface area contributed by atoms with Gasteiger partial charge in [0.25, 0.3) is 0 Å². The van der Waals surface area contributed by atoms with Gasteiger partial charge in [-0.25, -0.2) is 4.79 Å². The molecule has 130 valence electrons. The Labute approximate surface area is 145 Å². The van der Waals surface area contributed by atoms with Gasteiger partial charge in [0.05, 0.1) is 6.61 Å². The second-order valence-electron chi connectivity index (χ2n) is 9.10. The molecule has 2 rings (SSSR count). The molecule has 0 unspecified atom stereocenters. The summed E-state index contributed by atoms with van der Waals surface area (Å²) in [5.74, 6) is 2.86. The van der Waals surface area contributed by atoms with Crippen molar-refractivity contribution in [3.05, 3.63) is 28.8 Å². The number of carbonyl (C=O) groups is 1. The highest BCUT2D eigenvalue weighted by atomic mass is 16.5. The first-order valence-electron chi connectivity index (χ1n) is 8.36. The molecule has 0 atom stereocenters. The van der Waals surface area contributed by atoms with Crippen molar-refractivity contribution < 1.29 is 14.3 Å². The number of hydrogen-bond acceptors (Lipinski definition) is 3. The third-order valence-corrected chi connectivity index (χ3v) is 4.09. The molecule has 3 nitrogen and oxygen atoms in total. The van der Waals surface area contributed by atoms with Crippen LogP contribution in [0.25, 0.3) is 0 Å². The summed E-state index contributed by atoms with van der Waals surface area (Å²) in [7, 11) is 0. The molecule has 1 aliphatic rings. The van der Waals surface area contributed by atoms with E-state index in [1.54, 1.807) is 6.07 Å². The largest absolute Gasteiger partial charge is 0.487 e. The average molecular weight is 328 g/mol. The van der Waals surface area contributed by atoms with Crippen molar-refractivity contribution >= 4 is 5.97 Å². The van der Waals surface area contributed by atoms with Crippen molar-refractivity contribution in [3.8, 4) is 18.1 Å². The maximum absolute atomic E-state index is 12.7. The van der Waals surface area contributed by atoms with Crippen LogP contribution in [0, 0.1) is 17.8 Å². The normalized spacial score (nSPS) is 18.1. The monoisotopic (exact) mass is 328 g/mol. The second-order valence-corrected chi connectivity index (χ2v) is 9.10. The van der Waals surface area contributed by atoms with E-state index in [0.29, 0.717) is 23.5 Å². The Kier molecular flexibility index (Phi) is 4.48. The SMILES string of the molecule is C#Cc1cc(C(=O)OCC(C)(C)C)c2c(c1)C(C)(C)CC(C)(C)O2. The van der Waals surface area contributed by atoms with E-state index in [-0.39, 0.29) is 22.4 Å². The molecule has 0 saturated carbocycles. The lowest BCUT2D eigenvalue weighted by Gasteiger charge is -2.43. The second kappa shape index (κ2) is 5.84. The van der Waals surface area contributed by atoms with Crippen molar-refractivity contribution in [2.45, 2.75) is 65.9 Å². The minimum atomic E-state index is -0.383. The topological polar surface area (TPSA) is 35.5 Å². The lowest BCUT2D eigenvalue weighted by Crippen LogP contribution is -2.42. The number of fused-ring (bicyclic) bond motifs is 1. The fourth-order valence-electron chi connectivity index (χ4n) is 3.31. The van der Waals surface area contributed by atoms with Gasteiger partial charge in [-0.05, 0) is 43.2 Å². The van der Waals surface area contributed by atoms with E-state index in [1.807, 2.05) is 40.7 Å². The first kappa shape index (κ1) is 18.4. The van der Waals surface area contributed by atoms with Crippen LogP contribution in [0.1, 0.15) is 76.4 Å². The van der Waals surface area contributed by atoms with Gasteiger partial charge in [-0.3, -0.25) is 0 Å². The van der Waals surface area contributed by atoms with Crippen molar-refractivity contribution in [3.63, 3.8) is 0 Å². The van der Waals surface area contributed by atoms with Gasteiger partial charge in [0.1, 0.15) is 16.9 Å². The van der Waals surface area contributed by atoms with Crippen LogP contribution in [0.15, 0.2) is 12.1 Å². The van der Waals surface area contributed by atoms with Gasteiger partial charge in [-0.2, -0.15) is 0 Å². The van der Waals surface area contributed by atoms with Crippen LogP contribution in [-0.4, -0.2) is 18.2 Å². The molecule has 0 aliphatic carbocycles.